The van der Waals surface area contributed by atoms with Gasteiger partial charge in [-0.25, -0.2) is 0 Å². The summed E-state index contributed by atoms with van der Waals surface area (Å²) in [5.41, 5.74) is 2.22. The third-order valence-corrected chi connectivity index (χ3v) is 5.09. The molecule has 0 saturated carbocycles. The third-order valence-electron chi connectivity index (χ3n) is 4.38. The number of rotatable bonds is 4. The fourth-order valence-corrected chi connectivity index (χ4v) is 3.61. The fourth-order valence-electron chi connectivity index (χ4n) is 3.08. The second kappa shape index (κ2) is 7.43. The quantitative estimate of drug-likeness (QED) is 0.911. The zero-order valence-electron chi connectivity index (χ0n) is 13.2. The highest BCUT2D eigenvalue weighted by Crippen LogP contribution is 2.27. The van der Waals surface area contributed by atoms with Gasteiger partial charge in [-0.05, 0) is 24.3 Å². The lowest BCUT2D eigenvalue weighted by molar-refractivity contribution is -0.914. The number of para-hydroxylation sites is 2. The molecular weight excluding hydrogens is 331 g/mol. The molecule has 2 aromatic carbocycles. The molecule has 0 aromatic heterocycles. The van der Waals surface area contributed by atoms with E-state index in [0.717, 1.165) is 54.1 Å². The molecule has 23 heavy (non-hydrogen) atoms. The van der Waals surface area contributed by atoms with Crippen LogP contribution in [0.3, 0.4) is 0 Å². The summed E-state index contributed by atoms with van der Waals surface area (Å²) in [7, 11) is 1.72. The normalized spacial score (nSPS) is 15.7. The maximum atomic E-state index is 6.29. The Labute approximate surface area is 147 Å². The summed E-state index contributed by atoms with van der Waals surface area (Å²) < 4.78 is 5.47. The summed E-state index contributed by atoms with van der Waals surface area (Å²) in [6, 6.07) is 13.9. The van der Waals surface area contributed by atoms with Crippen LogP contribution in [0.15, 0.2) is 42.5 Å². The predicted molar refractivity (Wildman–Crippen MR) is 96.1 cm³/mol. The number of quaternary nitrogens is 1. The van der Waals surface area contributed by atoms with E-state index in [0.29, 0.717) is 0 Å². The van der Waals surface area contributed by atoms with Crippen molar-refractivity contribution in [1.29, 1.82) is 0 Å². The van der Waals surface area contributed by atoms with Crippen LogP contribution in [0.1, 0.15) is 5.56 Å². The van der Waals surface area contributed by atoms with E-state index in [1.165, 1.54) is 10.6 Å². The van der Waals surface area contributed by atoms with E-state index < -0.39 is 0 Å². The first kappa shape index (κ1) is 16.4. The highest BCUT2D eigenvalue weighted by Gasteiger charge is 2.23. The van der Waals surface area contributed by atoms with Gasteiger partial charge in [0.1, 0.15) is 12.3 Å². The van der Waals surface area contributed by atoms with E-state index in [1.54, 1.807) is 7.11 Å². The molecule has 122 valence electrons. The Morgan fingerprint density at radius 1 is 1.00 bits per heavy atom. The number of hydrogen-bond acceptors (Lipinski definition) is 2. The van der Waals surface area contributed by atoms with Crippen LogP contribution in [-0.2, 0) is 6.54 Å². The number of ether oxygens (including phenoxy) is 1. The lowest BCUT2D eigenvalue weighted by Gasteiger charge is -2.34. The minimum absolute atomic E-state index is 0.761. The van der Waals surface area contributed by atoms with Crippen molar-refractivity contribution in [3.05, 3.63) is 58.1 Å². The summed E-state index contributed by atoms with van der Waals surface area (Å²) in [5, 5.41) is 1.52. The van der Waals surface area contributed by atoms with E-state index in [-0.39, 0.29) is 0 Å². The molecule has 0 atom stereocenters. The Bertz CT molecular complexity index is 650. The lowest BCUT2D eigenvalue weighted by Crippen LogP contribution is -3.13. The first-order valence-corrected chi connectivity index (χ1v) is 8.59. The molecule has 1 aliphatic heterocycles. The number of piperazine rings is 1. The average Bonchev–Trinajstić information content (AvgIpc) is 2.59. The molecule has 0 aliphatic carbocycles. The van der Waals surface area contributed by atoms with E-state index in [2.05, 4.69) is 17.0 Å². The standard InChI is InChI=1S/C18H20Cl2N2O/c1-23-18-8-3-2-7-17(18)22-11-9-21(10-12-22)13-14-15(19)5-4-6-16(14)20/h2-8H,9-13H2,1H3/p+1. The second-order valence-corrected chi connectivity index (χ2v) is 6.60. The Hall–Kier alpha value is -1.42. The van der Waals surface area contributed by atoms with Crippen molar-refractivity contribution in [1.82, 2.24) is 0 Å². The highest BCUT2D eigenvalue weighted by molar-refractivity contribution is 6.35. The molecule has 0 unspecified atom stereocenters. The average molecular weight is 352 g/mol. The topological polar surface area (TPSA) is 16.9 Å². The van der Waals surface area contributed by atoms with Gasteiger partial charge < -0.3 is 14.5 Å². The maximum absolute atomic E-state index is 6.29. The van der Waals surface area contributed by atoms with Gasteiger partial charge in [0.05, 0.1) is 49.0 Å². The van der Waals surface area contributed by atoms with Gasteiger partial charge in [0.2, 0.25) is 0 Å². The SMILES string of the molecule is COc1ccccc1N1CC[NH+](Cc2c(Cl)cccc2Cl)CC1. The monoisotopic (exact) mass is 351 g/mol. The van der Waals surface area contributed by atoms with Crippen LogP contribution in [-0.4, -0.2) is 33.3 Å². The van der Waals surface area contributed by atoms with Crippen molar-refractivity contribution in [2.24, 2.45) is 0 Å². The Morgan fingerprint density at radius 3 is 2.30 bits per heavy atom. The Morgan fingerprint density at radius 2 is 1.65 bits per heavy atom. The predicted octanol–water partition coefficient (Wildman–Crippen LogP) is 2.91. The molecule has 3 nitrogen and oxygen atoms in total. The van der Waals surface area contributed by atoms with Crippen LogP contribution in [0, 0.1) is 0 Å². The van der Waals surface area contributed by atoms with E-state index in [4.69, 9.17) is 27.9 Å². The molecule has 5 heteroatoms. The number of benzene rings is 2. The number of nitrogens with one attached hydrogen (secondary N) is 1. The van der Waals surface area contributed by atoms with Crippen LogP contribution in [0.25, 0.3) is 0 Å². The smallest absolute Gasteiger partial charge is 0.142 e. The van der Waals surface area contributed by atoms with Gasteiger partial charge >= 0.3 is 0 Å². The molecule has 1 N–H and O–H groups in total. The zero-order chi connectivity index (χ0) is 16.2. The molecule has 0 radical (unpaired) electrons. The summed E-state index contributed by atoms with van der Waals surface area (Å²) >= 11 is 12.6. The van der Waals surface area contributed by atoms with Gasteiger partial charge in [-0.2, -0.15) is 0 Å². The molecule has 1 saturated heterocycles. The largest absolute Gasteiger partial charge is 0.495 e. The summed E-state index contributed by atoms with van der Waals surface area (Å²) in [6.07, 6.45) is 0. The van der Waals surface area contributed by atoms with Gasteiger partial charge in [-0.3, -0.25) is 0 Å². The molecule has 0 amide bonds. The molecule has 2 aromatic rings. The zero-order valence-corrected chi connectivity index (χ0v) is 14.7. The van der Waals surface area contributed by atoms with E-state index in [1.807, 2.05) is 30.3 Å². The van der Waals surface area contributed by atoms with Gasteiger partial charge in [-0.15, -0.1) is 0 Å². The Balaban J connectivity index is 1.65. The molecule has 3 rings (SSSR count). The summed E-state index contributed by atoms with van der Waals surface area (Å²) in [6.45, 7) is 4.98. The van der Waals surface area contributed by atoms with Gasteiger partial charge in [0.15, 0.2) is 0 Å². The summed E-state index contributed by atoms with van der Waals surface area (Å²) in [5.74, 6) is 0.935. The van der Waals surface area contributed by atoms with Crippen LogP contribution in [0.4, 0.5) is 5.69 Å². The van der Waals surface area contributed by atoms with Crippen molar-refractivity contribution in [3.8, 4) is 5.75 Å². The van der Waals surface area contributed by atoms with Crippen molar-refractivity contribution < 1.29 is 9.64 Å². The van der Waals surface area contributed by atoms with Crippen molar-refractivity contribution in [3.63, 3.8) is 0 Å². The van der Waals surface area contributed by atoms with Gasteiger partial charge in [-0.1, -0.05) is 41.4 Å². The molecule has 1 fully saturated rings. The number of halogens is 2. The van der Waals surface area contributed by atoms with Crippen molar-refractivity contribution in [2.45, 2.75) is 6.54 Å². The van der Waals surface area contributed by atoms with E-state index >= 15 is 0 Å². The summed E-state index contributed by atoms with van der Waals surface area (Å²) in [4.78, 5) is 3.89. The Kier molecular flexibility index (Phi) is 5.31. The molecule has 0 spiro atoms. The van der Waals surface area contributed by atoms with Crippen LogP contribution in [0.2, 0.25) is 10.0 Å². The van der Waals surface area contributed by atoms with E-state index in [9.17, 15) is 0 Å². The molecule has 1 heterocycles. The molecular formula is C18H21Cl2N2O+. The minimum atomic E-state index is 0.761. The maximum Gasteiger partial charge on any atom is 0.142 e. The minimum Gasteiger partial charge on any atom is -0.495 e. The third kappa shape index (κ3) is 3.74. The highest BCUT2D eigenvalue weighted by atomic mass is 35.5. The van der Waals surface area contributed by atoms with Crippen LogP contribution >= 0.6 is 23.2 Å². The first-order valence-electron chi connectivity index (χ1n) is 7.83. The van der Waals surface area contributed by atoms with Crippen molar-refractivity contribution in [2.75, 3.05) is 38.2 Å². The van der Waals surface area contributed by atoms with Crippen LogP contribution in [0.5, 0.6) is 5.75 Å². The molecule has 1 aliphatic rings. The van der Waals surface area contributed by atoms with Crippen LogP contribution < -0.4 is 14.5 Å². The first-order chi connectivity index (χ1) is 11.2. The lowest BCUT2D eigenvalue weighted by atomic mass is 10.1. The number of methoxy groups -OCH3 is 1. The van der Waals surface area contributed by atoms with Crippen molar-refractivity contribution >= 4 is 28.9 Å². The number of nitrogens with zero attached hydrogens (tertiary/aromatic N) is 1. The fraction of sp³-hybridized carbons (Fsp3) is 0.333. The van der Waals surface area contributed by atoms with Gasteiger partial charge in [0, 0.05) is 5.56 Å². The van der Waals surface area contributed by atoms with Gasteiger partial charge in [0.25, 0.3) is 0 Å². The number of anilines is 1. The molecule has 0 bridgehead atoms. The second-order valence-electron chi connectivity index (χ2n) is 5.79. The number of hydrogen-bond donors (Lipinski definition) is 1.